The number of nitrogens with zero attached hydrogens (tertiary/aromatic N) is 2. The number of anilines is 1. The van der Waals surface area contributed by atoms with Gasteiger partial charge in [0.15, 0.2) is 0 Å². The number of aryl methyl sites for hydroxylation is 1. The highest BCUT2D eigenvalue weighted by Crippen LogP contribution is 2.32. The van der Waals surface area contributed by atoms with Crippen LogP contribution in [-0.2, 0) is 11.2 Å². The number of nitrogens with one attached hydrogen (secondary N) is 1. The third-order valence-corrected chi connectivity index (χ3v) is 4.62. The number of aromatic nitrogens is 2. The molecule has 5 heteroatoms. The maximum atomic E-state index is 11.4. The summed E-state index contributed by atoms with van der Waals surface area (Å²) >= 11 is 1.63. The van der Waals surface area contributed by atoms with E-state index in [2.05, 4.69) is 21.7 Å². The van der Waals surface area contributed by atoms with Gasteiger partial charge >= 0.3 is 0 Å². The lowest BCUT2D eigenvalue weighted by Gasteiger charge is -2.17. The zero-order chi connectivity index (χ0) is 14.9. The van der Waals surface area contributed by atoms with Crippen LogP contribution in [0.25, 0.3) is 21.8 Å². The number of amides is 1. The second-order valence-corrected chi connectivity index (χ2v) is 6.05. The second-order valence-electron chi connectivity index (χ2n) is 5.19. The summed E-state index contributed by atoms with van der Waals surface area (Å²) in [6, 6.07) is 10.0. The summed E-state index contributed by atoms with van der Waals surface area (Å²) in [4.78, 5) is 20.2. The number of fused-ring (bicyclic) bond motifs is 1. The zero-order valence-electron chi connectivity index (χ0n) is 11.7. The minimum absolute atomic E-state index is 0.0916. The first-order valence-electron chi connectivity index (χ1n) is 7.09. The smallest absolute Gasteiger partial charge is 0.224 e. The van der Waals surface area contributed by atoms with E-state index < -0.39 is 0 Å². The molecule has 0 spiro atoms. The fourth-order valence-electron chi connectivity index (χ4n) is 2.58. The van der Waals surface area contributed by atoms with Gasteiger partial charge in [0.05, 0.1) is 5.69 Å². The molecular formula is C17H13N3OS. The van der Waals surface area contributed by atoms with Gasteiger partial charge in [-0.2, -0.15) is 0 Å². The Morgan fingerprint density at radius 2 is 1.91 bits per heavy atom. The maximum absolute atomic E-state index is 11.4. The van der Waals surface area contributed by atoms with Gasteiger partial charge in [-0.1, -0.05) is 6.07 Å². The highest BCUT2D eigenvalue weighted by Gasteiger charge is 2.16. The normalized spacial score (nSPS) is 13.5. The quantitative estimate of drug-likeness (QED) is 0.784. The average molecular weight is 307 g/mol. The molecule has 0 aliphatic carbocycles. The van der Waals surface area contributed by atoms with Crippen LogP contribution in [-0.4, -0.2) is 15.9 Å². The Labute approximate surface area is 131 Å². The highest BCUT2D eigenvalue weighted by molar-refractivity contribution is 7.13. The molecule has 22 heavy (non-hydrogen) atoms. The zero-order valence-corrected chi connectivity index (χ0v) is 12.6. The van der Waals surface area contributed by atoms with Gasteiger partial charge in [0.25, 0.3) is 0 Å². The minimum atomic E-state index is 0.0916. The average Bonchev–Trinajstić information content (AvgIpc) is 3.05. The van der Waals surface area contributed by atoms with Crippen LogP contribution in [0.3, 0.4) is 0 Å². The van der Waals surface area contributed by atoms with Gasteiger partial charge in [0.1, 0.15) is 5.01 Å². The van der Waals surface area contributed by atoms with Gasteiger partial charge in [-0.15, -0.1) is 11.3 Å². The van der Waals surface area contributed by atoms with E-state index in [1.54, 1.807) is 23.7 Å². The monoisotopic (exact) mass is 307 g/mol. The van der Waals surface area contributed by atoms with E-state index in [4.69, 9.17) is 4.98 Å². The van der Waals surface area contributed by atoms with Crippen LogP contribution in [0.5, 0.6) is 0 Å². The summed E-state index contributed by atoms with van der Waals surface area (Å²) in [7, 11) is 0. The van der Waals surface area contributed by atoms with Gasteiger partial charge in [-0.05, 0) is 36.2 Å². The van der Waals surface area contributed by atoms with Gasteiger partial charge < -0.3 is 5.32 Å². The van der Waals surface area contributed by atoms with Crippen molar-refractivity contribution in [3.8, 4) is 21.8 Å². The van der Waals surface area contributed by atoms with Crippen LogP contribution in [0.4, 0.5) is 5.69 Å². The molecule has 4 rings (SSSR count). The number of carbonyl (C=O) groups is 1. The van der Waals surface area contributed by atoms with Crippen LogP contribution >= 0.6 is 11.3 Å². The minimum Gasteiger partial charge on any atom is -0.326 e. The maximum Gasteiger partial charge on any atom is 0.224 e. The van der Waals surface area contributed by atoms with E-state index in [-0.39, 0.29) is 5.91 Å². The summed E-state index contributed by atoms with van der Waals surface area (Å²) in [5.74, 6) is 0.0916. The molecule has 1 aromatic carbocycles. The fourth-order valence-corrected chi connectivity index (χ4v) is 3.41. The number of pyridine rings is 1. The van der Waals surface area contributed by atoms with Crippen molar-refractivity contribution in [3.63, 3.8) is 0 Å². The number of benzene rings is 1. The first-order chi connectivity index (χ1) is 10.8. The molecule has 1 aliphatic heterocycles. The predicted molar refractivity (Wildman–Crippen MR) is 87.7 cm³/mol. The summed E-state index contributed by atoms with van der Waals surface area (Å²) < 4.78 is 0. The Morgan fingerprint density at radius 3 is 2.77 bits per heavy atom. The molecule has 108 valence electrons. The third-order valence-electron chi connectivity index (χ3n) is 3.73. The van der Waals surface area contributed by atoms with E-state index >= 15 is 0 Å². The van der Waals surface area contributed by atoms with Crippen LogP contribution < -0.4 is 5.32 Å². The molecule has 0 saturated carbocycles. The van der Waals surface area contributed by atoms with Crippen LogP contribution in [0.15, 0.2) is 48.1 Å². The lowest BCUT2D eigenvalue weighted by atomic mass is 9.99. The van der Waals surface area contributed by atoms with E-state index in [9.17, 15) is 4.79 Å². The van der Waals surface area contributed by atoms with E-state index in [1.807, 2.05) is 24.3 Å². The number of thiazole rings is 1. The topological polar surface area (TPSA) is 54.9 Å². The molecule has 0 atom stereocenters. The van der Waals surface area contributed by atoms with Crippen molar-refractivity contribution >= 4 is 22.9 Å². The SMILES string of the molecule is O=C1CCc2cc(-c3csc(-c4ccncc4)n3)ccc2N1. The third kappa shape index (κ3) is 2.40. The first kappa shape index (κ1) is 13.2. The summed E-state index contributed by atoms with van der Waals surface area (Å²) in [5.41, 5.74) is 5.24. The molecule has 3 heterocycles. The highest BCUT2D eigenvalue weighted by atomic mass is 32.1. The standard InChI is InChI=1S/C17H13N3OS/c21-16-4-2-12-9-13(1-3-14(12)19-16)15-10-22-17(20-15)11-5-7-18-8-6-11/h1,3,5-10H,2,4H2,(H,19,21). The van der Waals surface area contributed by atoms with Crippen molar-refractivity contribution in [3.05, 3.63) is 53.7 Å². The van der Waals surface area contributed by atoms with E-state index in [1.165, 1.54) is 5.56 Å². The largest absolute Gasteiger partial charge is 0.326 e. The van der Waals surface area contributed by atoms with Crippen molar-refractivity contribution in [2.75, 3.05) is 5.32 Å². The van der Waals surface area contributed by atoms with Crippen LogP contribution in [0, 0.1) is 0 Å². The Morgan fingerprint density at radius 1 is 1.05 bits per heavy atom. The molecule has 1 N–H and O–H groups in total. The van der Waals surface area contributed by atoms with Crippen molar-refractivity contribution in [1.29, 1.82) is 0 Å². The van der Waals surface area contributed by atoms with Crippen molar-refractivity contribution in [2.24, 2.45) is 0 Å². The summed E-state index contributed by atoms with van der Waals surface area (Å²) in [6.45, 7) is 0. The predicted octanol–water partition coefficient (Wildman–Crippen LogP) is 3.76. The van der Waals surface area contributed by atoms with Crippen molar-refractivity contribution < 1.29 is 4.79 Å². The number of hydrogen-bond donors (Lipinski definition) is 1. The molecular weight excluding hydrogens is 294 g/mol. The molecule has 0 radical (unpaired) electrons. The van der Waals surface area contributed by atoms with Gasteiger partial charge in [0.2, 0.25) is 5.91 Å². The summed E-state index contributed by atoms with van der Waals surface area (Å²) in [6.07, 6.45) is 4.89. The lowest BCUT2D eigenvalue weighted by molar-refractivity contribution is -0.116. The van der Waals surface area contributed by atoms with E-state index in [0.717, 1.165) is 33.9 Å². The Kier molecular flexibility index (Phi) is 3.20. The molecule has 1 amide bonds. The Bertz CT molecular complexity index is 842. The molecule has 0 unspecified atom stereocenters. The Hall–Kier alpha value is -2.53. The number of rotatable bonds is 2. The second kappa shape index (κ2) is 5.35. The molecule has 1 aliphatic rings. The number of carbonyl (C=O) groups excluding carboxylic acids is 1. The first-order valence-corrected chi connectivity index (χ1v) is 7.97. The van der Waals surface area contributed by atoms with E-state index in [0.29, 0.717) is 6.42 Å². The van der Waals surface area contributed by atoms with Crippen molar-refractivity contribution in [2.45, 2.75) is 12.8 Å². The molecule has 0 bridgehead atoms. The van der Waals surface area contributed by atoms with Crippen molar-refractivity contribution in [1.82, 2.24) is 9.97 Å². The van der Waals surface area contributed by atoms with Gasteiger partial charge in [-0.3, -0.25) is 9.78 Å². The lowest BCUT2D eigenvalue weighted by Crippen LogP contribution is -2.18. The van der Waals surface area contributed by atoms with Crippen LogP contribution in [0.1, 0.15) is 12.0 Å². The van der Waals surface area contributed by atoms with Gasteiger partial charge in [0, 0.05) is 41.0 Å². The molecule has 3 aromatic rings. The molecule has 0 fully saturated rings. The van der Waals surface area contributed by atoms with Crippen LogP contribution in [0.2, 0.25) is 0 Å². The Balaban J connectivity index is 1.68. The van der Waals surface area contributed by atoms with Gasteiger partial charge in [-0.25, -0.2) is 4.98 Å². The molecule has 0 saturated heterocycles. The fraction of sp³-hybridized carbons (Fsp3) is 0.118. The summed E-state index contributed by atoms with van der Waals surface area (Å²) in [5, 5.41) is 5.96. The molecule has 2 aromatic heterocycles. The number of hydrogen-bond acceptors (Lipinski definition) is 4. The molecule has 4 nitrogen and oxygen atoms in total.